The summed E-state index contributed by atoms with van der Waals surface area (Å²) >= 11 is 0. The van der Waals surface area contributed by atoms with Crippen LogP contribution in [0.25, 0.3) is 11.2 Å². The van der Waals surface area contributed by atoms with Gasteiger partial charge in [-0.2, -0.15) is 4.98 Å². The molecular formula is C80H106N13O16P3. The molecule has 6 aromatic carbocycles. The lowest BCUT2D eigenvalue weighted by molar-refractivity contribution is -0.146. The molecule has 0 saturated carbocycles. The Morgan fingerprint density at radius 1 is 0.393 bits per heavy atom. The molecule has 0 spiro atoms. The molecule has 6 atom stereocenters. The number of benzene rings is 6. The van der Waals surface area contributed by atoms with E-state index in [1.807, 2.05) is 65.6 Å². The second kappa shape index (κ2) is 45.4. The van der Waals surface area contributed by atoms with Crippen LogP contribution in [0.1, 0.15) is 74.9 Å². The highest BCUT2D eigenvalue weighted by Gasteiger charge is 2.41. The van der Waals surface area contributed by atoms with Crippen LogP contribution in [0.4, 0.5) is 5.95 Å². The average molecular weight is 1600 g/mol. The van der Waals surface area contributed by atoms with Gasteiger partial charge < -0.3 is 38.7 Å². The lowest BCUT2D eigenvalue weighted by atomic mass is 10.1. The van der Waals surface area contributed by atoms with Crippen molar-refractivity contribution >= 4 is 75.3 Å². The third-order valence-corrected chi connectivity index (χ3v) is 24.9. The number of aromatic nitrogens is 4. The zero-order valence-corrected chi connectivity index (χ0v) is 67.1. The van der Waals surface area contributed by atoms with Crippen molar-refractivity contribution in [3.63, 3.8) is 0 Å². The number of nitrogen functional groups attached to an aromatic ring is 1. The Kier molecular flexibility index (Phi) is 35.7. The first-order valence-electron chi connectivity index (χ1n) is 37.9. The van der Waals surface area contributed by atoms with Gasteiger partial charge in [0.05, 0.1) is 52.3 Å². The Bertz CT molecular complexity index is 4260. The molecule has 0 amide bonds. The fourth-order valence-electron chi connectivity index (χ4n) is 12.7. The fourth-order valence-corrected chi connectivity index (χ4v) is 19.8. The molecule has 2 aromatic heterocycles. The highest BCUT2D eigenvalue weighted by molar-refractivity contribution is 7.60. The largest absolute Gasteiger partial charge is 0.465 e. The van der Waals surface area contributed by atoms with E-state index in [0.717, 1.165) is 0 Å². The molecule has 0 aliphatic rings. The van der Waals surface area contributed by atoms with Crippen LogP contribution in [-0.4, -0.2) is 192 Å². The number of nitrogens with one attached hydrogen (secondary N) is 7. The van der Waals surface area contributed by atoms with E-state index in [1.54, 1.807) is 172 Å². The van der Waals surface area contributed by atoms with E-state index in [4.69, 9.17) is 34.2 Å². The maximum absolute atomic E-state index is 17.2. The van der Waals surface area contributed by atoms with Gasteiger partial charge in [-0.05, 0) is 113 Å². The number of nitrogens with two attached hydrogens (primary N) is 1. The number of hydrogen-bond donors (Lipinski definition) is 8. The zero-order valence-electron chi connectivity index (χ0n) is 64.4. The Balaban J connectivity index is 1.31. The molecule has 8 aromatic rings. The summed E-state index contributed by atoms with van der Waals surface area (Å²) in [7, 11) is -13.4. The van der Waals surface area contributed by atoms with E-state index in [1.165, 1.54) is 6.33 Å². The molecule has 0 fully saturated rings. The van der Waals surface area contributed by atoms with Gasteiger partial charge in [-0.3, -0.25) is 62.0 Å². The van der Waals surface area contributed by atoms with Crippen LogP contribution in [-0.2, 0) is 116 Å². The van der Waals surface area contributed by atoms with Gasteiger partial charge in [0.25, 0.3) is 5.56 Å². The molecule has 0 bridgehead atoms. The van der Waals surface area contributed by atoms with Gasteiger partial charge in [0, 0.05) is 51.6 Å². The van der Waals surface area contributed by atoms with Crippen molar-refractivity contribution in [2.45, 2.75) is 123 Å². The summed E-state index contributed by atoms with van der Waals surface area (Å²) in [6.07, 6.45) is -0.0711. The third-order valence-electron chi connectivity index (χ3n) is 18.1. The lowest BCUT2D eigenvalue weighted by Crippen LogP contribution is -2.50. The summed E-state index contributed by atoms with van der Waals surface area (Å²) in [6, 6.07) is 46.2. The summed E-state index contributed by atoms with van der Waals surface area (Å²) < 4.78 is 86.3. The van der Waals surface area contributed by atoms with Crippen LogP contribution in [0.3, 0.4) is 0 Å². The predicted molar refractivity (Wildman–Crippen MR) is 430 cm³/mol. The highest BCUT2D eigenvalue weighted by atomic mass is 31.2. The van der Waals surface area contributed by atoms with Gasteiger partial charge in [-0.1, -0.05) is 182 Å². The summed E-state index contributed by atoms with van der Waals surface area (Å²) in [4.78, 5) is 115. The number of H-pyrrole nitrogens is 1. The molecule has 0 aliphatic heterocycles. The normalized spacial score (nSPS) is 13.5. The summed E-state index contributed by atoms with van der Waals surface area (Å²) in [5, 5.41) is 19.1. The number of hydrogen-bond acceptors (Lipinski definition) is 21. The number of fused-ring (bicyclic) bond motifs is 1. The molecule has 8 rings (SSSR count). The van der Waals surface area contributed by atoms with E-state index >= 15 is 13.7 Å². The lowest BCUT2D eigenvalue weighted by Gasteiger charge is -2.36. The second-order valence-corrected chi connectivity index (χ2v) is 33.7. The Hall–Kier alpha value is -9.34. The Morgan fingerprint density at radius 2 is 0.652 bits per heavy atom. The number of anilines is 1. The minimum absolute atomic E-state index is 0.00969. The molecule has 0 saturated heterocycles. The van der Waals surface area contributed by atoms with Gasteiger partial charge in [-0.25, -0.2) is 35.5 Å². The number of carbonyl (C=O) groups excluding carboxylic acids is 6. The second-order valence-electron chi connectivity index (χ2n) is 26.6. The topological polar surface area (TPSA) is 377 Å². The SMILES string of the molecule is CCOC(=O)[C@@H](Cc1ccccc1)NP(=O)(CCN(CCN(CCP(=O)(N[C@H](Cc1ccccc1)C(=O)OCC)N[C@H](Cc1ccccc1)C(=O)OCC)CP(=O)(N[C@H](Cc1ccccc1)C(=O)OCC)N[C@H](Cc1ccccc1)C(=O)OCC)CCn1cnc2c(=O)[nH]c(N)nc21)N[C@H](Cc1ccccc1)C(=O)OCC. The Labute approximate surface area is 654 Å². The predicted octanol–water partition coefficient (Wildman–Crippen LogP) is 8.43. The Morgan fingerprint density at radius 3 is 0.929 bits per heavy atom. The molecule has 602 valence electrons. The van der Waals surface area contributed by atoms with Crippen LogP contribution in [0.5, 0.6) is 0 Å². The van der Waals surface area contributed by atoms with Crippen LogP contribution in [0.15, 0.2) is 193 Å². The smallest absolute Gasteiger partial charge is 0.323 e. The molecule has 29 nitrogen and oxygen atoms in total. The van der Waals surface area contributed by atoms with Crippen molar-refractivity contribution in [3.8, 4) is 0 Å². The highest BCUT2D eigenvalue weighted by Crippen LogP contribution is 2.44. The molecule has 0 unspecified atom stereocenters. The monoisotopic (exact) mass is 1600 g/mol. The minimum atomic E-state index is -4.60. The average Bonchev–Trinajstić information content (AvgIpc) is 1.63. The molecule has 112 heavy (non-hydrogen) atoms. The maximum atomic E-state index is 17.2. The molecule has 32 heteroatoms. The fraction of sp³-hybridized carbons (Fsp3) is 0.412. The maximum Gasteiger partial charge on any atom is 0.323 e. The van der Waals surface area contributed by atoms with E-state index in [9.17, 15) is 33.6 Å². The van der Waals surface area contributed by atoms with Crippen LogP contribution >= 0.6 is 22.3 Å². The summed E-state index contributed by atoms with van der Waals surface area (Å²) in [5.74, 6) is -4.66. The van der Waals surface area contributed by atoms with Gasteiger partial charge >= 0.3 is 35.8 Å². The van der Waals surface area contributed by atoms with Crippen LogP contribution < -0.4 is 41.8 Å². The molecule has 0 aliphatic carbocycles. The number of nitrogens with zero attached hydrogens (tertiary/aromatic N) is 5. The van der Waals surface area contributed by atoms with Gasteiger partial charge in [0.1, 0.15) is 36.3 Å². The number of imidazole rings is 1. The first kappa shape index (κ1) is 88.2. The van der Waals surface area contributed by atoms with E-state index in [2.05, 4.69) is 45.5 Å². The number of esters is 6. The molecular weight excluding hydrogens is 1490 g/mol. The van der Waals surface area contributed by atoms with Gasteiger partial charge in [-0.15, -0.1) is 0 Å². The van der Waals surface area contributed by atoms with Crippen molar-refractivity contribution in [1.29, 1.82) is 0 Å². The first-order chi connectivity index (χ1) is 54.0. The van der Waals surface area contributed by atoms with Gasteiger partial charge in [0.2, 0.25) is 28.3 Å². The third kappa shape index (κ3) is 28.7. The first-order valence-corrected chi connectivity index (χ1v) is 43.6. The number of ether oxygens (including phenoxy) is 6. The van der Waals surface area contributed by atoms with Crippen molar-refractivity contribution in [3.05, 3.63) is 232 Å². The van der Waals surface area contributed by atoms with Crippen LogP contribution in [0.2, 0.25) is 0 Å². The van der Waals surface area contributed by atoms with Crippen molar-refractivity contribution in [2.75, 3.05) is 96.7 Å². The van der Waals surface area contributed by atoms with Crippen molar-refractivity contribution in [2.24, 2.45) is 0 Å². The summed E-state index contributed by atoms with van der Waals surface area (Å²) in [5.41, 5.74) is 9.74. The molecule has 9 N–H and O–H groups in total. The number of aromatic amines is 1. The summed E-state index contributed by atoms with van der Waals surface area (Å²) in [6.45, 7) is 9.01. The van der Waals surface area contributed by atoms with Gasteiger partial charge in [0.15, 0.2) is 11.2 Å². The van der Waals surface area contributed by atoms with E-state index in [0.29, 0.717) is 33.4 Å². The standard InChI is InChI=1S/C80H106N13O16P3/c1-7-104-74(95)65(51-59-31-19-13-20-32-59)85-110(101,86-66(75(96)105-8-2)52-60-33-21-14-22-34-60)49-47-91(45-46-93-57-82-71-72(93)83-80(81)84-73(71)94)43-44-92(58-112(103,89-69(78(99)108-11-5)55-63-39-27-17-28-40-63)90-70(79(100)109-12-6)56-64-41-29-18-30-42-64)48-50-111(102,87-67(76(97)106-9-3)53-61-35-23-15-24-36-61)88-68(77(98)107-10-4)54-62-37-25-16-26-38-62/h13-42,57,65-70H,7-12,43-56,58H2,1-6H3,(H2,85,86,101)(H2,87,88,102)(H2,89,90,103)(H3,81,83,84,94)/t65-,66-,67-,68-,69-,70-/m1/s1. The number of rotatable bonds is 50. The van der Waals surface area contributed by atoms with E-state index in [-0.39, 0.29) is 141 Å². The van der Waals surface area contributed by atoms with Crippen molar-refractivity contribution in [1.82, 2.24) is 59.8 Å². The molecule has 0 radical (unpaired) electrons. The minimum Gasteiger partial charge on any atom is -0.465 e. The van der Waals surface area contributed by atoms with E-state index < -0.39 is 112 Å². The van der Waals surface area contributed by atoms with Crippen LogP contribution in [0, 0.1) is 0 Å². The zero-order chi connectivity index (χ0) is 80.3. The molecule has 2 heterocycles. The quantitative estimate of drug-likeness (QED) is 0.0101. The number of carbonyl (C=O) groups is 6. The van der Waals surface area contributed by atoms with Crippen molar-refractivity contribution < 1.29 is 70.9 Å².